The molecule has 1 amide bonds. The molecule has 2 aromatic rings. The number of alkyl halides is 3. The average Bonchev–Trinajstić information content (AvgIpc) is 2.97. The van der Waals surface area contributed by atoms with E-state index in [4.69, 9.17) is 0 Å². The minimum atomic E-state index is -4.41. The van der Waals surface area contributed by atoms with Crippen molar-refractivity contribution in [3.05, 3.63) is 59.5 Å². The highest BCUT2D eigenvalue weighted by Gasteiger charge is 2.31. The molecule has 1 unspecified atom stereocenters. The first kappa shape index (κ1) is 24.0. The Morgan fingerprint density at radius 2 is 1.78 bits per heavy atom. The molecule has 9 heteroatoms. The molecule has 1 aliphatic heterocycles. The molecular formula is C23H28F4N4O. The Balaban J connectivity index is 1.56. The van der Waals surface area contributed by atoms with Gasteiger partial charge in [-0.05, 0) is 42.2 Å². The third kappa shape index (κ3) is 6.41. The molecule has 3 rings (SSSR count). The van der Waals surface area contributed by atoms with E-state index in [-0.39, 0.29) is 30.2 Å². The zero-order chi connectivity index (χ0) is 23.3. The number of hydrogen-bond donors (Lipinski definition) is 1. The quantitative estimate of drug-likeness (QED) is 0.666. The van der Waals surface area contributed by atoms with E-state index >= 15 is 0 Å². The van der Waals surface area contributed by atoms with Crippen LogP contribution in [0.15, 0.2) is 42.6 Å². The largest absolute Gasteiger partial charge is 0.417 e. The van der Waals surface area contributed by atoms with Crippen LogP contribution in [0, 0.1) is 11.7 Å². The molecule has 2 heterocycles. The third-order valence-corrected chi connectivity index (χ3v) is 5.57. The summed E-state index contributed by atoms with van der Waals surface area (Å²) < 4.78 is 51.5. The molecule has 0 saturated carbocycles. The van der Waals surface area contributed by atoms with Gasteiger partial charge in [-0.25, -0.2) is 9.37 Å². The van der Waals surface area contributed by atoms with E-state index in [9.17, 15) is 22.4 Å². The van der Waals surface area contributed by atoms with E-state index in [1.807, 2.05) is 23.6 Å². The fraction of sp³-hybridized carbons (Fsp3) is 0.478. The lowest BCUT2D eigenvalue weighted by molar-refractivity contribution is -0.137. The Bertz CT molecular complexity index is 884. The van der Waals surface area contributed by atoms with Crippen LogP contribution >= 0.6 is 0 Å². The molecule has 1 saturated heterocycles. The van der Waals surface area contributed by atoms with Crippen molar-refractivity contribution in [3.63, 3.8) is 0 Å². The van der Waals surface area contributed by atoms with Crippen LogP contribution in [-0.2, 0) is 11.0 Å². The predicted octanol–water partition coefficient (Wildman–Crippen LogP) is 4.27. The molecule has 32 heavy (non-hydrogen) atoms. The Morgan fingerprint density at radius 1 is 1.06 bits per heavy atom. The summed E-state index contributed by atoms with van der Waals surface area (Å²) in [7, 11) is 0. The predicted molar refractivity (Wildman–Crippen MR) is 115 cm³/mol. The zero-order valence-electron chi connectivity index (χ0n) is 18.2. The van der Waals surface area contributed by atoms with Crippen molar-refractivity contribution >= 4 is 11.7 Å². The summed E-state index contributed by atoms with van der Waals surface area (Å²) in [6, 6.07) is 8.34. The van der Waals surface area contributed by atoms with Gasteiger partial charge in [0.25, 0.3) is 0 Å². The average molecular weight is 452 g/mol. The lowest BCUT2D eigenvalue weighted by Gasteiger charge is -2.26. The van der Waals surface area contributed by atoms with Crippen LogP contribution in [0.2, 0.25) is 0 Å². The number of rotatable bonds is 6. The van der Waals surface area contributed by atoms with E-state index in [2.05, 4.69) is 10.3 Å². The summed E-state index contributed by atoms with van der Waals surface area (Å²) in [6.45, 7) is 6.73. The lowest BCUT2D eigenvalue weighted by Crippen LogP contribution is -2.41. The maximum atomic E-state index is 13.2. The second-order valence-electron chi connectivity index (χ2n) is 8.36. The highest BCUT2D eigenvalue weighted by molar-refractivity contribution is 5.78. The molecule has 1 atom stereocenters. The van der Waals surface area contributed by atoms with Gasteiger partial charge >= 0.3 is 6.18 Å². The zero-order valence-corrected chi connectivity index (χ0v) is 18.2. The smallest absolute Gasteiger partial charge is 0.355 e. The van der Waals surface area contributed by atoms with E-state index < -0.39 is 11.7 Å². The Hall–Kier alpha value is -2.68. The van der Waals surface area contributed by atoms with Crippen LogP contribution in [0.3, 0.4) is 0 Å². The first-order valence-corrected chi connectivity index (χ1v) is 10.7. The van der Waals surface area contributed by atoms with E-state index in [0.717, 1.165) is 24.2 Å². The molecule has 174 valence electrons. The lowest BCUT2D eigenvalue weighted by atomic mass is 9.96. The monoisotopic (exact) mass is 452 g/mol. The van der Waals surface area contributed by atoms with Crippen LogP contribution in [0.1, 0.15) is 37.4 Å². The SMILES string of the molecule is CC(C)C(NC(=O)CN1CCCN(c2ccc(C(F)(F)F)cn2)CC1)c1ccc(F)cc1. The van der Waals surface area contributed by atoms with Gasteiger partial charge in [0.05, 0.1) is 18.2 Å². The van der Waals surface area contributed by atoms with Crippen LogP contribution in [0.25, 0.3) is 0 Å². The second kappa shape index (κ2) is 10.3. The fourth-order valence-electron chi connectivity index (χ4n) is 3.83. The number of pyridine rings is 1. The molecule has 0 spiro atoms. The Kier molecular flexibility index (Phi) is 7.71. The first-order valence-electron chi connectivity index (χ1n) is 10.7. The molecule has 1 N–H and O–H groups in total. The molecule has 0 aliphatic carbocycles. The number of nitrogens with one attached hydrogen (secondary N) is 1. The summed E-state index contributed by atoms with van der Waals surface area (Å²) in [6.07, 6.45) is -2.79. The van der Waals surface area contributed by atoms with Crippen molar-refractivity contribution in [1.29, 1.82) is 0 Å². The molecule has 1 aliphatic rings. The molecule has 0 radical (unpaired) electrons. The standard InChI is InChI=1S/C23H28F4N4O/c1-16(2)22(17-4-7-19(24)8-5-17)29-21(32)15-30-10-3-11-31(13-12-30)20-9-6-18(14-28-20)23(25,26)27/h4-9,14,16,22H,3,10-13,15H2,1-2H3,(H,29,32). The molecule has 5 nitrogen and oxygen atoms in total. The minimum Gasteiger partial charge on any atom is -0.355 e. The van der Waals surface area contributed by atoms with Gasteiger partial charge in [-0.15, -0.1) is 0 Å². The summed E-state index contributed by atoms with van der Waals surface area (Å²) in [5, 5.41) is 3.05. The topological polar surface area (TPSA) is 48.5 Å². The number of carbonyl (C=O) groups excluding carboxylic acids is 1. The van der Waals surface area contributed by atoms with Gasteiger partial charge in [0.2, 0.25) is 5.91 Å². The molecule has 1 fully saturated rings. The summed E-state index contributed by atoms with van der Waals surface area (Å²) in [5.74, 6) is 0.198. The van der Waals surface area contributed by atoms with E-state index in [0.29, 0.717) is 32.0 Å². The Morgan fingerprint density at radius 3 is 2.38 bits per heavy atom. The maximum absolute atomic E-state index is 13.2. The number of benzene rings is 1. The van der Waals surface area contributed by atoms with Crippen molar-refractivity contribution in [2.45, 2.75) is 32.5 Å². The molecule has 1 aromatic carbocycles. The van der Waals surface area contributed by atoms with Gasteiger partial charge in [-0.1, -0.05) is 26.0 Å². The highest BCUT2D eigenvalue weighted by Crippen LogP contribution is 2.29. The number of amides is 1. The fourth-order valence-corrected chi connectivity index (χ4v) is 3.83. The summed E-state index contributed by atoms with van der Waals surface area (Å²) >= 11 is 0. The number of hydrogen-bond acceptors (Lipinski definition) is 4. The van der Waals surface area contributed by atoms with Crippen molar-refractivity contribution in [2.75, 3.05) is 37.6 Å². The summed E-state index contributed by atoms with van der Waals surface area (Å²) in [5.41, 5.74) is 0.0837. The van der Waals surface area contributed by atoms with Crippen molar-refractivity contribution in [3.8, 4) is 0 Å². The number of carbonyl (C=O) groups is 1. The van der Waals surface area contributed by atoms with Crippen LogP contribution in [-0.4, -0.2) is 48.5 Å². The van der Waals surface area contributed by atoms with Crippen molar-refractivity contribution in [1.82, 2.24) is 15.2 Å². The van der Waals surface area contributed by atoms with Gasteiger partial charge < -0.3 is 10.2 Å². The highest BCUT2D eigenvalue weighted by atomic mass is 19.4. The van der Waals surface area contributed by atoms with E-state index in [1.165, 1.54) is 18.2 Å². The van der Waals surface area contributed by atoms with Gasteiger partial charge in [0.15, 0.2) is 0 Å². The number of aromatic nitrogens is 1. The first-order chi connectivity index (χ1) is 15.1. The second-order valence-corrected chi connectivity index (χ2v) is 8.36. The van der Waals surface area contributed by atoms with Gasteiger partial charge in [0.1, 0.15) is 11.6 Å². The van der Waals surface area contributed by atoms with Crippen molar-refractivity contribution in [2.24, 2.45) is 5.92 Å². The van der Waals surface area contributed by atoms with E-state index in [1.54, 1.807) is 12.1 Å². The third-order valence-electron chi connectivity index (χ3n) is 5.57. The van der Waals surface area contributed by atoms with Gasteiger partial charge in [-0.2, -0.15) is 13.2 Å². The van der Waals surface area contributed by atoms with Crippen LogP contribution in [0.4, 0.5) is 23.4 Å². The number of nitrogens with zero attached hydrogens (tertiary/aromatic N) is 3. The molecule has 1 aromatic heterocycles. The number of anilines is 1. The van der Waals surface area contributed by atoms with Gasteiger partial charge in [-0.3, -0.25) is 9.69 Å². The van der Waals surface area contributed by atoms with Gasteiger partial charge in [0, 0.05) is 32.4 Å². The van der Waals surface area contributed by atoms with Crippen LogP contribution < -0.4 is 10.2 Å². The summed E-state index contributed by atoms with van der Waals surface area (Å²) in [4.78, 5) is 20.6. The molecular weight excluding hydrogens is 424 g/mol. The normalized spacial score (nSPS) is 16.7. The Labute approximate surface area is 185 Å². The van der Waals surface area contributed by atoms with Crippen molar-refractivity contribution < 1.29 is 22.4 Å². The van der Waals surface area contributed by atoms with Crippen LogP contribution in [0.5, 0.6) is 0 Å². The maximum Gasteiger partial charge on any atom is 0.417 e. The minimum absolute atomic E-state index is 0.117. The number of halogens is 4. The molecule has 0 bridgehead atoms.